The van der Waals surface area contributed by atoms with Gasteiger partial charge in [-0.05, 0) is 32.2 Å². The third-order valence-corrected chi connectivity index (χ3v) is 4.89. The topological polar surface area (TPSA) is 57.6 Å². The van der Waals surface area contributed by atoms with Crippen molar-refractivity contribution in [1.82, 2.24) is 4.90 Å². The Balaban J connectivity index is 2.50. The fourth-order valence-corrected chi connectivity index (χ4v) is 3.45. The average Bonchev–Trinajstić information content (AvgIpc) is 2.28. The number of nitrogens with zero attached hydrogens (tertiary/aromatic N) is 1. The Labute approximate surface area is 111 Å². The van der Waals surface area contributed by atoms with E-state index in [1.165, 1.54) is 19.1 Å². The summed E-state index contributed by atoms with van der Waals surface area (Å²) in [6.07, 6.45) is 6.30. The first-order valence-electron chi connectivity index (χ1n) is 6.89. The normalized spacial score (nSPS) is 29.7. The third-order valence-electron chi connectivity index (χ3n) is 3.97. The quantitative estimate of drug-likeness (QED) is 0.795. The predicted molar refractivity (Wildman–Crippen MR) is 74.4 cm³/mol. The van der Waals surface area contributed by atoms with Gasteiger partial charge in [0.25, 0.3) is 0 Å². The monoisotopic (exact) mass is 277 g/mol. The SMILES string of the molecule is CCCC1CCC(O)C(N(C)CCS(C)(=O)=O)C1. The van der Waals surface area contributed by atoms with Crippen LogP contribution in [0.4, 0.5) is 0 Å². The Morgan fingerprint density at radius 2 is 2.00 bits per heavy atom. The molecule has 0 heterocycles. The first kappa shape index (κ1) is 15.9. The molecule has 0 amide bonds. The lowest BCUT2D eigenvalue weighted by atomic mass is 9.81. The Hall–Kier alpha value is -0.130. The van der Waals surface area contributed by atoms with Crippen LogP contribution in [0.2, 0.25) is 0 Å². The number of rotatable bonds is 6. The van der Waals surface area contributed by atoms with Gasteiger partial charge in [-0.1, -0.05) is 19.8 Å². The summed E-state index contributed by atoms with van der Waals surface area (Å²) in [6.45, 7) is 2.70. The van der Waals surface area contributed by atoms with Crippen LogP contribution in [0.5, 0.6) is 0 Å². The molecule has 0 saturated heterocycles. The van der Waals surface area contributed by atoms with Gasteiger partial charge in [0.15, 0.2) is 0 Å². The van der Waals surface area contributed by atoms with E-state index in [1.54, 1.807) is 0 Å². The van der Waals surface area contributed by atoms with E-state index >= 15 is 0 Å². The Morgan fingerprint density at radius 1 is 1.33 bits per heavy atom. The van der Waals surface area contributed by atoms with Crippen LogP contribution >= 0.6 is 0 Å². The highest BCUT2D eigenvalue weighted by Crippen LogP contribution is 2.30. The van der Waals surface area contributed by atoms with Gasteiger partial charge >= 0.3 is 0 Å². The zero-order valence-corrected chi connectivity index (χ0v) is 12.6. The van der Waals surface area contributed by atoms with E-state index in [-0.39, 0.29) is 17.9 Å². The molecule has 1 saturated carbocycles. The smallest absolute Gasteiger partial charge is 0.148 e. The summed E-state index contributed by atoms with van der Waals surface area (Å²) >= 11 is 0. The number of likely N-dealkylation sites (N-methyl/N-ethyl adjacent to an activating group) is 1. The van der Waals surface area contributed by atoms with Crippen LogP contribution in [-0.2, 0) is 9.84 Å². The lowest BCUT2D eigenvalue weighted by molar-refractivity contribution is 0.0151. The summed E-state index contributed by atoms with van der Waals surface area (Å²) in [5.41, 5.74) is 0. The summed E-state index contributed by atoms with van der Waals surface area (Å²) in [7, 11) is -0.998. The molecule has 0 radical (unpaired) electrons. The Morgan fingerprint density at radius 3 is 2.56 bits per heavy atom. The van der Waals surface area contributed by atoms with Crippen LogP contribution < -0.4 is 0 Å². The summed E-state index contributed by atoms with van der Waals surface area (Å²) < 4.78 is 22.4. The molecule has 0 aliphatic heterocycles. The standard InChI is InChI=1S/C13H27NO3S/c1-4-5-11-6-7-13(15)12(10-11)14(2)8-9-18(3,16)17/h11-13,15H,4-10H2,1-3H3. The summed E-state index contributed by atoms with van der Waals surface area (Å²) in [6, 6.07) is 0.122. The molecular formula is C13H27NO3S. The Kier molecular flexibility index (Phi) is 6.08. The van der Waals surface area contributed by atoms with E-state index in [2.05, 4.69) is 6.92 Å². The molecule has 1 aliphatic carbocycles. The molecule has 4 nitrogen and oxygen atoms in total. The van der Waals surface area contributed by atoms with Crippen molar-refractivity contribution in [2.75, 3.05) is 25.6 Å². The second-order valence-corrected chi connectivity index (χ2v) is 7.97. The summed E-state index contributed by atoms with van der Waals surface area (Å²) in [5, 5.41) is 10.1. The minimum atomic E-state index is -2.92. The predicted octanol–water partition coefficient (Wildman–Crippen LogP) is 1.29. The van der Waals surface area contributed by atoms with Crippen LogP contribution in [-0.4, -0.2) is 56.2 Å². The van der Waals surface area contributed by atoms with Crippen LogP contribution in [0.25, 0.3) is 0 Å². The van der Waals surface area contributed by atoms with Gasteiger partial charge in [-0.2, -0.15) is 0 Å². The summed E-state index contributed by atoms with van der Waals surface area (Å²) in [4.78, 5) is 2.02. The maximum absolute atomic E-state index is 11.2. The zero-order valence-electron chi connectivity index (χ0n) is 11.8. The van der Waals surface area contributed by atoms with Crippen molar-refractivity contribution < 1.29 is 13.5 Å². The molecule has 5 heteroatoms. The number of hydrogen-bond donors (Lipinski definition) is 1. The van der Waals surface area contributed by atoms with Gasteiger partial charge in [0.1, 0.15) is 9.84 Å². The molecule has 1 rings (SSSR count). The number of sulfone groups is 1. The van der Waals surface area contributed by atoms with Gasteiger partial charge in [-0.3, -0.25) is 4.90 Å². The highest BCUT2D eigenvalue weighted by molar-refractivity contribution is 7.90. The molecule has 0 aromatic heterocycles. The Bertz CT molecular complexity index is 342. The largest absolute Gasteiger partial charge is 0.391 e. The molecule has 3 atom stereocenters. The van der Waals surface area contributed by atoms with Crippen molar-refractivity contribution in [2.45, 2.75) is 51.2 Å². The summed E-state index contributed by atoms with van der Waals surface area (Å²) in [5.74, 6) is 0.856. The molecule has 0 aromatic rings. The van der Waals surface area contributed by atoms with Crippen molar-refractivity contribution in [3.63, 3.8) is 0 Å². The maximum Gasteiger partial charge on any atom is 0.148 e. The van der Waals surface area contributed by atoms with Crippen LogP contribution in [0, 0.1) is 5.92 Å². The second kappa shape index (κ2) is 6.87. The highest BCUT2D eigenvalue weighted by atomic mass is 32.2. The van der Waals surface area contributed by atoms with E-state index in [0.29, 0.717) is 12.5 Å². The lowest BCUT2D eigenvalue weighted by Crippen LogP contribution is -2.46. The molecule has 3 unspecified atom stereocenters. The lowest BCUT2D eigenvalue weighted by Gasteiger charge is -2.38. The van der Waals surface area contributed by atoms with Gasteiger partial charge in [0.2, 0.25) is 0 Å². The second-order valence-electron chi connectivity index (χ2n) is 5.71. The van der Waals surface area contributed by atoms with Crippen LogP contribution in [0.3, 0.4) is 0 Å². The number of hydrogen-bond acceptors (Lipinski definition) is 4. The van der Waals surface area contributed by atoms with E-state index in [0.717, 1.165) is 19.3 Å². The van der Waals surface area contributed by atoms with Crippen molar-refractivity contribution in [1.29, 1.82) is 0 Å². The molecule has 0 spiro atoms. The van der Waals surface area contributed by atoms with Crippen molar-refractivity contribution in [3.8, 4) is 0 Å². The minimum Gasteiger partial charge on any atom is -0.391 e. The minimum absolute atomic E-state index is 0.122. The molecule has 1 aliphatic rings. The van der Waals surface area contributed by atoms with E-state index in [4.69, 9.17) is 0 Å². The van der Waals surface area contributed by atoms with Gasteiger partial charge in [-0.25, -0.2) is 8.42 Å². The number of aliphatic hydroxyl groups is 1. The molecule has 1 fully saturated rings. The van der Waals surface area contributed by atoms with Crippen LogP contribution in [0.15, 0.2) is 0 Å². The first-order chi connectivity index (χ1) is 8.33. The fourth-order valence-electron chi connectivity index (χ4n) is 2.84. The van der Waals surface area contributed by atoms with E-state index in [1.807, 2.05) is 11.9 Å². The maximum atomic E-state index is 11.2. The fraction of sp³-hybridized carbons (Fsp3) is 1.00. The van der Waals surface area contributed by atoms with E-state index < -0.39 is 9.84 Å². The molecule has 0 bridgehead atoms. The molecule has 1 N–H and O–H groups in total. The molecule has 0 aromatic carbocycles. The molecule has 18 heavy (non-hydrogen) atoms. The zero-order chi connectivity index (χ0) is 13.8. The molecular weight excluding hydrogens is 250 g/mol. The number of aliphatic hydroxyl groups excluding tert-OH is 1. The first-order valence-corrected chi connectivity index (χ1v) is 8.95. The highest BCUT2D eigenvalue weighted by Gasteiger charge is 2.31. The van der Waals surface area contributed by atoms with E-state index in [9.17, 15) is 13.5 Å². The van der Waals surface area contributed by atoms with Gasteiger partial charge < -0.3 is 5.11 Å². The van der Waals surface area contributed by atoms with Crippen LogP contribution in [0.1, 0.15) is 39.0 Å². The van der Waals surface area contributed by atoms with Gasteiger partial charge in [0, 0.05) is 18.8 Å². The van der Waals surface area contributed by atoms with Crippen molar-refractivity contribution in [2.24, 2.45) is 5.92 Å². The van der Waals surface area contributed by atoms with Crippen molar-refractivity contribution >= 4 is 9.84 Å². The van der Waals surface area contributed by atoms with Gasteiger partial charge in [0.05, 0.1) is 11.9 Å². The van der Waals surface area contributed by atoms with Crippen molar-refractivity contribution in [3.05, 3.63) is 0 Å². The average molecular weight is 277 g/mol. The molecule has 108 valence electrons. The van der Waals surface area contributed by atoms with Gasteiger partial charge in [-0.15, -0.1) is 0 Å². The third kappa shape index (κ3) is 5.24.